The molecule has 4 N–H and O–H groups in total. The fourth-order valence-corrected chi connectivity index (χ4v) is 3.21. The molecule has 0 unspecified atom stereocenters. The highest BCUT2D eigenvalue weighted by Gasteiger charge is 2.54. The molecule has 0 bridgehead atoms. The maximum absolute atomic E-state index is 13.3. The molecule has 148 valence electrons. The molecule has 1 aromatic rings. The normalized spacial score (nSPS) is 21.7. The van der Waals surface area contributed by atoms with Crippen molar-refractivity contribution in [2.45, 2.75) is 37.8 Å². The van der Waals surface area contributed by atoms with Gasteiger partial charge in [-0.3, -0.25) is 14.5 Å². The van der Waals surface area contributed by atoms with Crippen LogP contribution in [0.3, 0.4) is 0 Å². The number of nitrogens with two attached hydrogens (primary N) is 2. The van der Waals surface area contributed by atoms with Gasteiger partial charge in [0.1, 0.15) is 17.6 Å². The van der Waals surface area contributed by atoms with Crippen LogP contribution in [0, 0.1) is 5.82 Å². The molecule has 1 aromatic carbocycles. The quantitative estimate of drug-likeness (QED) is 0.617. The van der Waals surface area contributed by atoms with E-state index in [1.165, 1.54) is 6.07 Å². The highest BCUT2D eigenvalue weighted by atomic mass is 79.9. The van der Waals surface area contributed by atoms with Gasteiger partial charge in [0.15, 0.2) is 0 Å². The minimum Gasteiger partial charge on any atom is -0.474 e. The van der Waals surface area contributed by atoms with E-state index in [4.69, 9.17) is 20.9 Å². The van der Waals surface area contributed by atoms with E-state index in [-0.39, 0.29) is 29.8 Å². The molecule has 0 radical (unpaired) electrons. The number of unbranched alkanes of at least 4 members (excludes halogenated alkanes) is 1. The molecule has 3 amide bonds. The lowest BCUT2D eigenvalue weighted by Gasteiger charge is -2.27. The molecule has 0 saturated carbocycles. The standard InChI is InChI=1S/C17H21BrFN3O5/c1-2-3-6-26-16(25)22-9-17(15(21)24,8-12(22)14(20)23)27-13-5-4-10(19)7-11(13)18/h4-5,7,12H,2-3,6,8-9H2,1H3,(H2,20,23)(H2,21,24)/t12-,17+/m0/s1. The van der Waals surface area contributed by atoms with Gasteiger partial charge in [0.25, 0.3) is 5.91 Å². The maximum atomic E-state index is 13.3. The monoisotopic (exact) mass is 445 g/mol. The molecule has 10 heteroatoms. The number of carbonyl (C=O) groups excluding carboxylic acids is 3. The summed E-state index contributed by atoms with van der Waals surface area (Å²) in [5, 5.41) is 0. The van der Waals surface area contributed by atoms with Crippen molar-refractivity contribution in [1.82, 2.24) is 4.90 Å². The molecule has 8 nitrogen and oxygen atoms in total. The average Bonchev–Trinajstić information content (AvgIpc) is 2.99. The van der Waals surface area contributed by atoms with Crippen LogP contribution in [0.25, 0.3) is 0 Å². The van der Waals surface area contributed by atoms with Gasteiger partial charge in [-0.1, -0.05) is 13.3 Å². The number of benzene rings is 1. The van der Waals surface area contributed by atoms with Crippen molar-refractivity contribution >= 4 is 33.8 Å². The fourth-order valence-electron chi connectivity index (χ4n) is 2.78. The lowest BCUT2D eigenvalue weighted by atomic mass is 9.98. The van der Waals surface area contributed by atoms with Gasteiger partial charge < -0.3 is 20.9 Å². The van der Waals surface area contributed by atoms with E-state index in [1.807, 2.05) is 6.92 Å². The van der Waals surface area contributed by atoms with E-state index >= 15 is 0 Å². The van der Waals surface area contributed by atoms with Gasteiger partial charge in [-0.15, -0.1) is 0 Å². The molecule has 0 aromatic heterocycles. The first-order valence-corrected chi connectivity index (χ1v) is 9.16. The number of ether oxygens (including phenoxy) is 2. The number of amides is 3. The average molecular weight is 446 g/mol. The lowest BCUT2D eigenvalue weighted by molar-refractivity contribution is -0.132. The van der Waals surface area contributed by atoms with Crippen LogP contribution in [0.4, 0.5) is 9.18 Å². The van der Waals surface area contributed by atoms with Crippen LogP contribution in [0.15, 0.2) is 22.7 Å². The van der Waals surface area contributed by atoms with Crippen LogP contribution in [0.5, 0.6) is 5.75 Å². The second-order valence-corrected chi connectivity index (χ2v) is 7.11. The van der Waals surface area contributed by atoms with E-state index in [2.05, 4.69) is 15.9 Å². The van der Waals surface area contributed by atoms with Crippen LogP contribution in [0.1, 0.15) is 26.2 Å². The van der Waals surface area contributed by atoms with Gasteiger partial charge in [0.2, 0.25) is 11.5 Å². The Morgan fingerprint density at radius 2 is 2.07 bits per heavy atom. The zero-order valence-corrected chi connectivity index (χ0v) is 16.3. The van der Waals surface area contributed by atoms with Gasteiger partial charge in [-0.25, -0.2) is 9.18 Å². The zero-order valence-electron chi connectivity index (χ0n) is 14.7. The van der Waals surface area contributed by atoms with Crippen molar-refractivity contribution in [1.29, 1.82) is 0 Å². The van der Waals surface area contributed by atoms with Gasteiger partial charge in [0, 0.05) is 6.42 Å². The zero-order chi connectivity index (χ0) is 20.2. The SMILES string of the molecule is CCCCOC(=O)N1C[C@@](Oc2ccc(F)cc2Br)(C(N)=O)C[C@H]1C(N)=O. The number of carbonyl (C=O) groups is 3. The summed E-state index contributed by atoms with van der Waals surface area (Å²) in [7, 11) is 0. The predicted octanol–water partition coefficient (Wildman–Crippen LogP) is 1.69. The first-order chi connectivity index (χ1) is 12.7. The molecular formula is C17H21BrFN3O5. The van der Waals surface area contributed by atoms with Crippen LogP contribution < -0.4 is 16.2 Å². The van der Waals surface area contributed by atoms with Crippen LogP contribution in [-0.4, -0.2) is 47.6 Å². The van der Waals surface area contributed by atoms with Crippen molar-refractivity contribution in [2.24, 2.45) is 11.5 Å². The van der Waals surface area contributed by atoms with E-state index in [0.717, 1.165) is 23.5 Å². The van der Waals surface area contributed by atoms with E-state index in [9.17, 15) is 18.8 Å². The topological polar surface area (TPSA) is 125 Å². The first kappa shape index (κ1) is 20.9. The number of hydrogen-bond donors (Lipinski definition) is 2. The van der Waals surface area contributed by atoms with E-state index in [1.54, 1.807) is 0 Å². The molecule has 1 aliphatic rings. The van der Waals surface area contributed by atoms with Gasteiger partial charge in [-0.2, -0.15) is 0 Å². The summed E-state index contributed by atoms with van der Waals surface area (Å²) in [6.45, 7) is 1.79. The van der Waals surface area contributed by atoms with Gasteiger partial charge >= 0.3 is 6.09 Å². The number of nitrogens with zero attached hydrogens (tertiary/aromatic N) is 1. The molecule has 2 atom stereocenters. The third-order valence-corrected chi connectivity index (χ3v) is 4.88. The minimum atomic E-state index is -1.70. The summed E-state index contributed by atoms with van der Waals surface area (Å²) in [4.78, 5) is 37.4. The Balaban J connectivity index is 2.29. The summed E-state index contributed by atoms with van der Waals surface area (Å²) in [5.74, 6) is -2.06. The van der Waals surface area contributed by atoms with Crippen molar-refractivity contribution in [3.63, 3.8) is 0 Å². The third kappa shape index (κ3) is 4.68. The number of primary amides is 2. The molecule has 1 heterocycles. The van der Waals surface area contributed by atoms with Crippen LogP contribution in [0.2, 0.25) is 0 Å². The number of halogens is 2. The Morgan fingerprint density at radius 1 is 1.37 bits per heavy atom. The summed E-state index contributed by atoms with van der Waals surface area (Å²) < 4.78 is 24.4. The number of rotatable bonds is 7. The third-order valence-electron chi connectivity index (χ3n) is 4.26. The van der Waals surface area contributed by atoms with Gasteiger partial charge in [-0.05, 0) is 40.5 Å². The van der Waals surface area contributed by atoms with Crippen molar-refractivity contribution in [3.8, 4) is 5.75 Å². The van der Waals surface area contributed by atoms with Gasteiger partial charge in [0.05, 0.1) is 17.6 Å². The van der Waals surface area contributed by atoms with Crippen LogP contribution >= 0.6 is 15.9 Å². The molecule has 1 fully saturated rings. The molecule has 2 rings (SSSR count). The Labute approximate surface area is 164 Å². The summed E-state index contributed by atoms with van der Waals surface area (Å²) >= 11 is 3.14. The van der Waals surface area contributed by atoms with Crippen LogP contribution in [-0.2, 0) is 14.3 Å². The Kier molecular flexibility index (Phi) is 6.63. The summed E-state index contributed by atoms with van der Waals surface area (Å²) in [6, 6.07) is 2.49. The smallest absolute Gasteiger partial charge is 0.410 e. The fraction of sp³-hybridized carbons (Fsp3) is 0.471. The Bertz CT molecular complexity index is 747. The highest BCUT2D eigenvalue weighted by molar-refractivity contribution is 9.10. The van der Waals surface area contributed by atoms with E-state index in [0.29, 0.717) is 6.42 Å². The highest BCUT2D eigenvalue weighted by Crippen LogP contribution is 2.36. The second kappa shape index (κ2) is 8.55. The molecule has 0 spiro atoms. The van der Waals surface area contributed by atoms with E-state index < -0.39 is 35.4 Å². The molecule has 1 saturated heterocycles. The molecule has 0 aliphatic carbocycles. The lowest BCUT2D eigenvalue weighted by Crippen LogP contribution is -2.51. The summed E-state index contributed by atoms with van der Waals surface area (Å²) in [5.41, 5.74) is 9.21. The minimum absolute atomic E-state index is 0.139. The number of likely N-dealkylation sites (tertiary alicyclic amines) is 1. The molecule has 1 aliphatic heterocycles. The molecule has 27 heavy (non-hydrogen) atoms. The maximum Gasteiger partial charge on any atom is 0.410 e. The predicted molar refractivity (Wildman–Crippen MR) is 97.2 cm³/mol. The first-order valence-electron chi connectivity index (χ1n) is 8.37. The largest absolute Gasteiger partial charge is 0.474 e. The molecular weight excluding hydrogens is 425 g/mol. The Morgan fingerprint density at radius 3 is 2.63 bits per heavy atom. The Hall–Kier alpha value is -2.36. The second-order valence-electron chi connectivity index (χ2n) is 6.25. The van der Waals surface area contributed by atoms with Crippen molar-refractivity contribution in [2.75, 3.05) is 13.2 Å². The summed E-state index contributed by atoms with van der Waals surface area (Å²) in [6.07, 6.45) is 0.460. The van der Waals surface area contributed by atoms with Crippen molar-refractivity contribution < 1.29 is 28.2 Å². The number of hydrogen-bond acceptors (Lipinski definition) is 5. The van der Waals surface area contributed by atoms with Crippen molar-refractivity contribution in [3.05, 3.63) is 28.5 Å².